The average Bonchev–Trinajstić information content (AvgIpc) is 2.89. The van der Waals surface area contributed by atoms with E-state index in [0.717, 1.165) is 18.8 Å². The standard InChI is InChI=1S/C17H29NO3/c1-3-4-5-13-6-8-14(9-7-13)15(19)18-11-10-17(2,12-18)16(20)21/h13-14H,3-12H2,1-2H3,(H,20,21). The van der Waals surface area contributed by atoms with E-state index in [9.17, 15) is 14.7 Å². The van der Waals surface area contributed by atoms with E-state index in [-0.39, 0.29) is 11.8 Å². The summed E-state index contributed by atoms with van der Waals surface area (Å²) in [4.78, 5) is 25.6. The molecular formula is C17H29NO3. The normalized spacial score (nSPS) is 33.1. The molecule has 0 aromatic heterocycles. The number of amides is 1. The summed E-state index contributed by atoms with van der Waals surface area (Å²) in [5.74, 6) is 0.367. The molecule has 2 aliphatic rings. The van der Waals surface area contributed by atoms with Crippen molar-refractivity contribution in [2.45, 2.75) is 65.2 Å². The van der Waals surface area contributed by atoms with Gasteiger partial charge in [-0.2, -0.15) is 0 Å². The monoisotopic (exact) mass is 295 g/mol. The van der Waals surface area contributed by atoms with E-state index < -0.39 is 11.4 Å². The number of unbranched alkanes of at least 4 members (excludes halogenated alkanes) is 1. The number of carboxylic acids is 1. The first-order valence-electron chi connectivity index (χ1n) is 8.48. The van der Waals surface area contributed by atoms with Crippen LogP contribution in [0.1, 0.15) is 65.2 Å². The molecule has 1 atom stereocenters. The van der Waals surface area contributed by atoms with Gasteiger partial charge < -0.3 is 10.0 Å². The maximum absolute atomic E-state index is 12.6. The summed E-state index contributed by atoms with van der Waals surface area (Å²) in [7, 11) is 0. The number of nitrogens with zero attached hydrogens (tertiary/aromatic N) is 1. The molecule has 1 saturated carbocycles. The highest BCUT2D eigenvalue weighted by molar-refractivity contribution is 5.82. The summed E-state index contributed by atoms with van der Waals surface area (Å²) in [5.41, 5.74) is -0.742. The van der Waals surface area contributed by atoms with Crippen LogP contribution in [0, 0.1) is 17.3 Å². The van der Waals surface area contributed by atoms with Crippen molar-refractivity contribution in [1.82, 2.24) is 4.90 Å². The van der Waals surface area contributed by atoms with Gasteiger partial charge in [-0.3, -0.25) is 9.59 Å². The van der Waals surface area contributed by atoms with Crippen molar-refractivity contribution in [3.63, 3.8) is 0 Å². The third-order valence-corrected chi connectivity index (χ3v) is 5.46. The van der Waals surface area contributed by atoms with Crippen LogP contribution in [0.5, 0.6) is 0 Å². The van der Waals surface area contributed by atoms with Gasteiger partial charge in [0.15, 0.2) is 0 Å². The Labute approximate surface area is 127 Å². The predicted octanol–water partition coefficient (Wildman–Crippen LogP) is 3.31. The molecule has 21 heavy (non-hydrogen) atoms. The molecule has 2 rings (SSSR count). The Bertz CT molecular complexity index is 387. The minimum absolute atomic E-state index is 0.138. The van der Waals surface area contributed by atoms with Crippen LogP contribution in [0.15, 0.2) is 0 Å². The Morgan fingerprint density at radius 2 is 1.90 bits per heavy atom. The van der Waals surface area contributed by atoms with E-state index >= 15 is 0 Å². The van der Waals surface area contributed by atoms with Crippen molar-refractivity contribution < 1.29 is 14.7 Å². The van der Waals surface area contributed by atoms with Gasteiger partial charge in [0.05, 0.1) is 5.41 Å². The van der Waals surface area contributed by atoms with Gasteiger partial charge in [0.1, 0.15) is 0 Å². The predicted molar refractivity (Wildman–Crippen MR) is 81.9 cm³/mol. The third-order valence-electron chi connectivity index (χ3n) is 5.46. The van der Waals surface area contributed by atoms with Gasteiger partial charge in [-0.1, -0.05) is 26.2 Å². The van der Waals surface area contributed by atoms with Crippen LogP contribution in [0.3, 0.4) is 0 Å². The average molecular weight is 295 g/mol. The van der Waals surface area contributed by atoms with Gasteiger partial charge in [0.25, 0.3) is 0 Å². The van der Waals surface area contributed by atoms with Crippen molar-refractivity contribution in [3.05, 3.63) is 0 Å². The van der Waals surface area contributed by atoms with E-state index in [1.807, 2.05) is 0 Å². The summed E-state index contributed by atoms with van der Waals surface area (Å²) >= 11 is 0. The molecule has 2 fully saturated rings. The molecule has 1 unspecified atom stereocenters. The van der Waals surface area contributed by atoms with E-state index in [4.69, 9.17) is 0 Å². The van der Waals surface area contributed by atoms with E-state index in [1.165, 1.54) is 32.1 Å². The summed E-state index contributed by atoms with van der Waals surface area (Å²) < 4.78 is 0. The second-order valence-corrected chi connectivity index (χ2v) is 7.24. The lowest BCUT2D eigenvalue weighted by molar-refractivity contribution is -0.147. The topological polar surface area (TPSA) is 57.6 Å². The van der Waals surface area contributed by atoms with Crippen LogP contribution in [-0.4, -0.2) is 35.0 Å². The zero-order valence-corrected chi connectivity index (χ0v) is 13.4. The molecule has 0 spiro atoms. The van der Waals surface area contributed by atoms with Crippen molar-refractivity contribution in [1.29, 1.82) is 0 Å². The van der Waals surface area contributed by atoms with Gasteiger partial charge in [-0.05, 0) is 44.9 Å². The molecule has 4 heteroatoms. The number of aliphatic carboxylic acids is 1. The zero-order chi connectivity index (χ0) is 15.5. The highest BCUT2D eigenvalue weighted by atomic mass is 16.4. The molecular weight excluding hydrogens is 266 g/mol. The summed E-state index contributed by atoms with van der Waals surface area (Å²) in [5, 5.41) is 9.26. The number of likely N-dealkylation sites (tertiary alicyclic amines) is 1. The lowest BCUT2D eigenvalue weighted by atomic mass is 9.79. The molecule has 0 aromatic carbocycles. The molecule has 1 heterocycles. The summed E-state index contributed by atoms with van der Waals surface area (Å²) in [6, 6.07) is 0. The molecule has 1 saturated heterocycles. The number of hydrogen-bond acceptors (Lipinski definition) is 2. The molecule has 0 radical (unpaired) electrons. The second-order valence-electron chi connectivity index (χ2n) is 7.24. The third kappa shape index (κ3) is 3.78. The van der Waals surface area contributed by atoms with E-state index in [1.54, 1.807) is 11.8 Å². The highest BCUT2D eigenvalue weighted by Crippen LogP contribution is 2.36. The highest BCUT2D eigenvalue weighted by Gasteiger charge is 2.43. The number of rotatable bonds is 5. The lowest BCUT2D eigenvalue weighted by Crippen LogP contribution is -2.39. The SMILES string of the molecule is CCCCC1CCC(C(=O)N2CCC(C)(C(=O)O)C2)CC1. The molecule has 1 aliphatic carbocycles. The fourth-order valence-electron chi connectivity index (χ4n) is 3.77. The van der Waals surface area contributed by atoms with Gasteiger partial charge in [0, 0.05) is 19.0 Å². The maximum Gasteiger partial charge on any atom is 0.311 e. The molecule has 120 valence electrons. The fraction of sp³-hybridized carbons (Fsp3) is 0.882. The Kier molecular flexibility index (Phi) is 5.28. The molecule has 4 nitrogen and oxygen atoms in total. The van der Waals surface area contributed by atoms with Crippen LogP contribution in [0.25, 0.3) is 0 Å². The first-order chi connectivity index (χ1) is 9.96. The molecule has 1 amide bonds. The minimum Gasteiger partial charge on any atom is -0.481 e. The summed E-state index contributed by atoms with van der Waals surface area (Å²) in [6.45, 7) is 4.97. The first kappa shape index (κ1) is 16.3. The zero-order valence-electron chi connectivity index (χ0n) is 13.4. The second kappa shape index (κ2) is 6.80. The van der Waals surface area contributed by atoms with Crippen molar-refractivity contribution in [2.75, 3.05) is 13.1 Å². The maximum atomic E-state index is 12.6. The van der Waals surface area contributed by atoms with Crippen LogP contribution >= 0.6 is 0 Å². The largest absolute Gasteiger partial charge is 0.481 e. The first-order valence-corrected chi connectivity index (χ1v) is 8.48. The Morgan fingerprint density at radius 1 is 1.24 bits per heavy atom. The quantitative estimate of drug-likeness (QED) is 0.846. The van der Waals surface area contributed by atoms with Gasteiger partial charge in [-0.25, -0.2) is 0 Å². The van der Waals surface area contributed by atoms with Gasteiger partial charge in [0.2, 0.25) is 5.91 Å². The van der Waals surface area contributed by atoms with Crippen LogP contribution in [0.2, 0.25) is 0 Å². The van der Waals surface area contributed by atoms with Crippen molar-refractivity contribution >= 4 is 11.9 Å². The minimum atomic E-state index is -0.777. The molecule has 1 aliphatic heterocycles. The Balaban J connectivity index is 1.82. The Hall–Kier alpha value is -1.06. The van der Waals surface area contributed by atoms with Crippen LogP contribution in [-0.2, 0) is 9.59 Å². The Morgan fingerprint density at radius 3 is 2.43 bits per heavy atom. The lowest BCUT2D eigenvalue weighted by Gasteiger charge is -2.31. The number of hydrogen-bond donors (Lipinski definition) is 1. The van der Waals surface area contributed by atoms with Crippen LogP contribution < -0.4 is 0 Å². The van der Waals surface area contributed by atoms with Gasteiger partial charge >= 0.3 is 5.97 Å². The van der Waals surface area contributed by atoms with Gasteiger partial charge in [-0.15, -0.1) is 0 Å². The number of carbonyl (C=O) groups is 2. The van der Waals surface area contributed by atoms with E-state index in [2.05, 4.69) is 6.92 Å². The molecule has 1 N–H and O–H groups in total. The van der Waals surface area contributed by atoms with E-state index in [0.29, 0.717) is 19.5 Å². The number of carboxylic acid groups (broad SMARTS) is 1. The molecule has 0 aromatic rings. The smallest absolute Gasteiger partial charge is 0.311 e. The van der Waals surface area contributed by atoms with Crippen molar-refractivity contribution in [2.24, 2.45) is 17.3 Å². The number of carbonyl (C=O) groups excluding carboxylic acids is 1. The fourth-order valence-corrected chi connectivity index (χ4v) is 3.77. The van der Waals surface area contributed by atoms with Crippen molar-refractivity contribution in [3.8, 4) is 0 Å². The summed E-state index contributed by atoms with van der Waals surface area (Å²) in [6.07, 6.45) is 8.76. The van der Waals surface area contributed by atoms with Crippen LogP contribution in [0.4, 0.5) is 0 Å². The molecule has 0 bridgehead atoms.